The van der Waals surface area contributed by atoms with Crippen molar-refractivity contribution >= 4 is 22.3 Å². The molecule has 1 fully saturated rings. The maximum Gasteiger partial charge on any atom is 0.416 e. The van der Waals surface area contributed by atoms with E-state index in [1.165, 1.54) is 13.0 Å². The third kappa shape index (κ3) is 4.39. The maximum absolute atomic E-state index is 13.4. The molecule has 1 aliphatic heterocycles. The zero-order valence-electron chi connectivity index (χ0n) is 18.8. The minimum Gasteiger partial charge on any atom is -0.378 e. The van der Waals surface area contributed by atoms with Crippen molar-refractivity contribution < 1.29 is 13.2 Å². The zero-order valence-corrected chi connectivity index (χ0v) is 18.8. The Kier molecular flexibility index (Phi) is 6.03. The number of hydrogen-bond donors (Lipinski definition) is 2. The number of fused-ring (bicyclic) bond motifs is 1. The number of nitrogens with zero attached hydrogens (tertiary/aromatic N) is 2. The van der Waals surface area contributed by atoms with Gasteiger partial charge in [0.25, 0.3) is 0 Å². The average molecular weight is 443 g/mol. The molecule has 3 aromatic rings. The summed E-state index contributed by atoms with van der Waals surface area (Å²) in [6, 6.07) is 12.9. The van der Waals surface area contributed by atoms with Gasteiger partial charge in [0.05, 0.1) is 11.1 Å². The number of benzene rings is 2. The standard InChI is InChI=1S/C25H29F3N4/c1-15-14-32(16(2)13-30-15)19-8-9-23-21(12-19)24(10-11-29-23)31-18(4)20-6-5-7-22(17(20)3)25(26,27)28/h5-12,15-16,18,30H,13-14H2,1-4H3,(H,29,31)/t15-,16+,18-/m1/s1. The molecule has 2 aromatic carbocycles. The lowest BCUT2D eigenvalue weighted by molar-refractivity contribution is -0.138. The van der Waals surface area contributed by atoms with E-state index in [1.54, 1.807) is 12.3 Å². The van der Waals surface area contributed by atoms with Gasteiger partial charge in [0.15, 0.2) is 0 Å². The number of nitrogens with one attached hydrogen (secondary N) is 2. The monoisotopic (exact) mass is 442 g/mol. The molecule has 0 saturated carbocycles. The summed E-state index contributed by atoms with van der Waals surface area (Å²) in [4.78, 5) is 6.87. The van der Waals surface area contributed by atoms with E-state index < -0.39 is 11.7 Å². The molecule has 1 aromatic heterocycles. The quantitative estimate of drug-likeness (QED) is 0.526. The SMILES string of the molecule is Cc1c([C@@H](C)Nc2ccnc3ccc(N4C[C@@H](C)NC[C@@H]4C)cc23)cccc1C(F)(F)F. The van der Waals surface area contributed by atoms with Crippen molar-refractivity contribution in [3.8, 4) is 0 Å². The van der Waals surface area contributed by atoms with Crippen molar-refractivity contribution in [2.45, 2.75) is 52.0 Å². The summed E-state index contributed by atoms with van der Waals surface area (Å²) in [6.07, 6.45) is -2.64. The van der Waals surface area contributed by atoms with Crippen molar-refractivity contribution in [1.29, 1.82) is 0 Å². The molecule has 1 saturated heterocycles. The Balaban J connectivity index is 1.68. The number of hydrogen-bond acceptors (Lipinski definition) is 4. The molecule has 0 radical (unpaired) electrons. The Labute approximate surface area is 186 Å². The predicted octanol–water partition coefficient (Wildman–Crippen LogP) is 5.92. The van der Waals surface area contributed by atoms with Crippen LogP contribution >= 0.6 is 0 Å². The lowest BCUT2D eigenvalue weighted by Gasteiger charge is -2.39. The minimum absolute atomic E-state index is 0.252. The first-order valence-corrected chi connectivity index (χ1v) is 11.0. The van der Waals surface area contributed by atoms with Crippen LogP contribution in [-0.2, 0) is 6.18 Å². The molecule has 0 spiro atoms. The van der Waals surface area contributed by atoms with Crippen LogP contribution in [0.25, 0.3) is 10.9 Å². The molecular weight excluding hydrogens is 413 g/mol. The van der Waals surface area contributed by atoms with Crippen LogP contribution in [0, 0.1) is 6.92 Å². The highest BCUT2D eigenvalue weighted by atomic mass is 19.4. The lowest BCUT2D eigenvalue weighted by Crippen LogP contribution is -2.54. The Bertz CT molecular complexity index is 1110. The molecular formula is C25H29F3N4. The second kappa shape index (κ2) is 8.62. The molecule has 4 rings (SSSR count). The van der Waals surface area contributed by atoms with Gasteiger partial charge in [0.2, 0.25) is 0 Å². The van der Waals surface area contributed by atoms with Gasteiger partial charge in [-0.2, -0.15) is 13.2 Å². The van der Waals surface area contributed by atoms with Crippen LogP contribution in [0.2, 0.25) is 0 Å². The molecule has 32 heavy (non-hydrogen) atoms. The van der Waals surface area contributed by atoms with Gasteiger partial charge in [0, 0.05) is 54.2 Å². The fraction of sp³-hybridized carbons (Fsp3) is 0.400. The molecule has 3 atom stereocenters. The molecule has 2 heterocycles. The van der Waals surface area contributed by atoms with Gasteiger partial charge in [0.1, 0.15) is 0 Å². The van der Waals surface area contributed by atoms with Crippen molar-refractivity contribution in [3.63, 3.8) is 0 Å². The number of rotatable bonds is 4. The summed E-state index contributed by atoms with van der Waals surface area (Å²) in [7, 11) is 0. The molecule has 0 unspecified atom stereocenters. The molecule has 0 amide bonds. The molecule has 170 valence electrons. The summed E-state index contributed by atoms with van der Waals surface area (Å²) in [5.74, 6) is 0. The van der Waals surface area contributed by atoms with Gasteiger partial charge in [-0.05, 0) is 69.2 Å². The van der Waals surface area contributed by atoms with E-state index in [9.17, 15) is 13.2 Å². The third-order valence-electron chi connectivity index (χ3n) is 6.34. The largest absolute Gasteiger partial charge is 0.416 e. The van der Waals surface area contributed by atoms with Crippen LogP contribution in [0.1, 0.15) is 43.5 Å². The van der Waals surface area contributed by atoms with E-state index in [-0.39, 0.29) is 11.6 Å². The Morgan fingerprint density at radius 2 is 1.94 bits per heavy atom. The highest BCUT2D eigenvalue weighted by Gasteiger charge is 2.33. The molecule has 0 bridgehead atoms. The minimum atomic E-state index is -4.37. The van der Waals surface area contributed by atoms with Gasteiger partial charge in [-0.1, -0.05) is 12.1 Å². The van der Waals surface area contributed by atoms with E-state index >= 15 is 0 Å². The van der Waals surface area contributed by atoms with Gasteiger partial charge in [-0.15, -0.1) is 0 Å². The van der Waals surface area contributed by atoms with E-state index in [1.807, 2.05) is 19.1 Å². The van der Waals surface area contributed by atoms with Crippen LogP contribution in [0.15, 0.2) is 48.7 Å². The highest BCUT2D eigenvalue weighted by molar-refractivity contribution is 5.93. The van der Waals surface area contributed by atoms with Crippen LogP contribution in [0.5, 0.6) is 0 Å². The topological polar surface area (TPSA) is 40.2 Å². The predicted molar refractivity (Wildman–Crippen MR) is 124 cm³/mol. The van der Waals surface area contributed by atoms with E-state index in [4.69, 9.17) is 0 Å². The number of aromatic nitrogens is 1. The molecule has 7 heteroatoms. The van der Waals surface area contributed by atoms with Crippen LogP contribution in [0.3, 0.4) is 0 Å². The second-order valence-corrected chi connectivity index (χ2v) is 8.75. The van der Waals surface area contributed by atoms with Crippen LogP contribution in [0.4, 0.5) is 24.5 Å². The normalized spacial score (nSPS) is 20.4. The van der Waals surface area contributed by atoms with Gasteiger partial charge in [-0.3, -0.25) is 4.98 Å². The molecule has 2 N–H and O–H groups in total. The van der Waals surface area contributed by atoms with Crippen molar-refractivity contribution in [2.24, 2.45) is 0 Å². The summed E-state index contributed by atoms with van der Waals surface area (Å²) < 4.78 is 40.1. The first kappa shape index (κ1) is 22.4. The van der Waals surface area contributed by atoms with Gasteiger partial charge >= 0.3 is 6.18 Å². The lowest BCUT2D eigenvalue weighted by atomic mass is 9.97. The highest BCUT2D eigenvalue weighted by Crippen LogP contribution is 2.36. The maximum atomic E-state index is 13.4. The fourth-order valence-electron chi connectivity index (χ4n) is 4.56. The van der Waals surface area contributed by atoms with Crippen LogP contribution < -0.4 is 15.5 Å². The smallest absolute Gasteiger partial charge is 0.378 e. The molecule has 0 aliphatic carbocycles. The summed E-state index contributed by atoms with van der Waals surface area (Å²) in [6.45, 7) is 9.63. The zero-order chi connectivity index (χ0) is 23.0. The van der Waals surface area contributed by atoms with E-state index in [2.05, 4.69) is 46.5 Å². The van der Waals surface area contributed by atoms with Gasteiger partial charge in [-0.25, -0.2) is 0 Å². The van der Waals surface area contributed by atoms with Gasteiger partial charge < -0.3 is 15.5 Å². The van der Waals surface area contributed by atoms with E-state index in [0.717, 1.165) is 41.4 Å². The molecule has 4 nitrogen and oxygen atoms in total. The first-order valence-electron chi connectivity index (χ1n) is 11.0. The van der Waals surface area contributed by atoms with Crippen molar-refractivity contribution in [2.75, 3.05) is 23.3 Å². The number of pyridine rings is 1. The summed E-state index contributed by atoms with van der Waals surface area (Å²) in [5, 5.41) is 7.89. The third-order valence-corrected chi connectivity index (χ3v) is 6.34. The Morgan fingerprint density at radius 3 is 2.69 bits per heavy atom. The number of halogens is 3. The fourth-order valence-corrected chi connectivity index (χ4v) is 4.56. The Hall–Kier alpha value is -2.80. The van der Waals surface area contributed by atoms with Crippen molar-refractivity contribution in [3.05, 3.63) is 65.4 Å². The van der Waals surface area contributed by atoms with Crippen LogP contribution in [-0.4, -0.2) is 30.2 Å². The van der Waals surface area contributed by atoms with E-state index in [0.29, 0.717) is 17.6 Å². The summed E-state index contributed by atoms with van der Waals surface area (Å²) in [5.41, 5.74) is 3.12. The average Bonchev–Trinajstić information content (AvgIpc) is 2.74. The summed E-state index contributed by atoms with van der Waals surface area (Å²) >= 11 is 0. The van der Waals surface area contributed by atoms with Crippen molar-refractivity contribution in [1.82, 2.24) is 10.3 Å². The number of piperazine rings is 1. The Morgan fingerprint density at radius 1 is 1.16 bits per heavy atom. The first-order chi connectivity index (χ1) is 15.1. The molecule has 1 aliphatic rings. The number of alkyl halides is 3. The number of anilines is 2. The second-order valence-electron chi connectivity index (χ2n) is 8.75.